The van der Waals surface area contributed by atoms with E-state index in [0.29, 0.717) is 30.9 Å². The standard InChI is InChI=1S/C16H28N4O/c1-3-13(12-8-6-5-7-9-12)18-15-10-14(17)19-16(20-15)11-21-4-2/h10,12-13H,3-9,11H2,1-2H3,(H3,17,18,19,20). The average Bonchev–Trinajstić information content (AvgIpc) is 2.51. The molecule has 0 radical (unpaired) electrons. The number of nitrogens with two attached hydrogens (primary N) is 1. The molecule has 0 aromatic carbocycles. The molecule has 118 valence electrons. The van der Waals surface area contributed by atoms with Crippen LogP contribution in [0.15, 0.2) is 6.07 Å². The summed E-state index contributed by atoms with van der Waals surface area (Å²) in [5.74, 6) is 2.73. The summed E-state index contributed by atoms with van der Waals surface area (Å²) in [6, 6.07) is 2.29. The van der Waals surface area contributed by atoms with Gasteiger partial charge in [0.1, 0.15) is 18.2 Å². The number of nitrogen functional groups attached to an aromatic ring is 1. The third-order valence-electron chi connectivity index (χ3n) is 4.22. The molecule has 1 atom stereocenters. The predicted molar refractivity (Wildman–Crippen MR) is 86.1 cm³/mol. The fraction of sp³-hybridized carbons (Fsp3) is 0.750. The number of hydrogen-bond acceptors (Lipinski definition) is 5. The van der Waals surface area contributed by atoms with Crippen molar-refractivity contribution in [3.05, 3.63) is 11.9 Å². The molecule has 1 aliphatic carbocycles. The van der Waals surface area contributed by atoms with E-state index in [9.17, 15) is 0 Å². The number of rotatable bonds is 7. The molecule has 1 saturated carbocycles. The minimum atomic E-state index is 0.413. The summed E-state index contributed by atoms with van der Waals surface area (Å²) >= 11 is 0. The van der Waals surface area contributed by atoms with Gasteiger partial charge in [-0.1, -0.05) is 26.2 Å². The van der Waals surface area contributed by atoms with Crippen molar-refractivity contribution >= 4 is 11.6 Å². The molecule has 0 saturated heterocycles. The van der Waals surface area contributed by atoms with E-state index in [1.165, 1.54) is 32.1 Å². The van der Waals surface area contributed by atoms with Crippen LogP contribution in [0.4, 0.5) is 11.6 Å². The molecule has 21 heavy (non-hydrogen) atoms. The Balaban J connectivity index is 2.03. The summed E-state index contributed by atoms with van der Waals surface area (Å²) in [6.07, 6.45) is 7.83. The normalized spacial score (nSPS) is 17.6. The van der Waals surface area contributed by atoms with Crippen molar-refractivity contribution in [1.82, 2.24) is 9.97 Å². The van der Waals surface area contributed by atoms with Crippen LogP contribution in [0.5, 0.6) is 0 Å². The van der Waals surface area contributed by atoms with Gasteiger partial charge in [-0.05, 0) is 32.1 Å². The second-order valence-corrected chi connectivity index (χ2v) is 5.79. The first-order chi connectivity index (χ1) is 10.2. The molecule has 5 heteroatoms. The topological polar surface area (TPSA) is 73.1 Å². The van der Waals surface area contributed by atoms with E-state index in [-0.39, 0.29) is 0 Å². The molecule has 0 spiro atoms. The van der Waals surface area contributed by atoms with Crippen LogP contribution < -0.4 is 11.1 Å². The third-order valence-corrected chi connectivity index (χ3v) is 4.22. The molecule has 1 aromatic heterocycles. The van der Waals surface area contributed by atoms with Gasteiger partial charge in [0.05, 0.1) is 0 Å². The zero-order chi connectivity index (χ0) is 15.1. The first kappa shape index (κ1) is 16.0. The van der Waals surface area contributed by atoms with Crippen molar-refractivity contribution in [1.29, 1.82) is 0 Å². The fourth-order valence-electron chi connectivity index (χ4n) is 3.13. The van der Waals surface area contributed by atoms with E-state index in [1.54, 1.807) is 0 Å². The quantitative estimate of drug-likeness (QED) is 0.806. The van der Waals surface area contributed by atoms with Crippen molar-refractivity contribution in [2.24, 2.45) is 5.92 Å². The highest BCUT2D eigenvalue weighted by atomic mass is 16.5. The smallest absolute Gasteiger partial charge is 0.158 e. The number of aromatic nitrogens is 2. The van der Waals surface area contributed by atoms with E-state index in [4.69, 9.17) is 10.5 Å². The summed E-state index contributed by atoms with van der Waals surface area (Å²) in [6.45, 7) is 5.26. The lowest BCUT2D eigenvalue weighted by atomic mass is 9.83. The van der Waals surface area contributed by atoms with E-state index in [1.807, 2.05) is 13.0 Å². The van der Waals surface area contributed by atoms with Crippen molar-refractivity contribution in [3.63, 3.8) is 0 Å². The first-order valence-electron chi connectivity index (χ1n) is 8.20. The number of hydrogen-bond donors (Lipinski definition) is 2. The first-order valence-corrected chi connectivity index (χ1v) is 8.20. The maximum Gasteiger partial charge on any atom is 0.158 e. The molecule has 0 bridgehead atoms. The van der Waals surface area contributed by atoms with Gasteiger partial charge in [-0.15, -0.1) is 0 Å². The lowest BCUT2D eigenvalue weighted by molar-refractivity contribution is 0.128. The number of ether oxygens (including phenoxy) is 1. The molecule has 1 unspecified atom stereocenters. The Hall–Kier alpha value is -1.36. The molecule has 5 nitrogen and oxygen atoms in total. The lowest BCUT2D eigenvalue weighted by Gasteiger charge is -2.30. The predicted octanol–water partition coefficient (Wildman–Crippen LogP) is 3.37. The SMILES string of the molecule is CCOCc1nc(N)cc(NC(CC)C2CCCCC2)n1. The maximum atomic E-state index is 5.88. The molecular formula is C16H28N4O. The van der Waals surface area contributed by atoms with Crippen molar-refractivity contribution < 1.29 is 4.74 Å². The van der Waals surface area contributed by atoms with Crippen molar-refractivity contribution in [2.75, 3.05) is 17.7 Å². The van der Waals surface area contributed by atoms with Crippen molar-refractivity contribution in [2.45, 2.75) is 65.0 Å². The molecule has 0 aliphatic heterocycles. The monoisotopic (exact) mass is 292 g/mol. The van der Waals surface area contributed by atoms with Crippen LogP contribution in [0.2, 0.25) is 0 Å². The van der Waals surface area contributed by atoms with E-state index in [2.05, 4.69) is 22.2 Å². The Morgan fingerprint density at radius 3 is 2.71 bits per heavy atom. The Kier molecular flexibility index (Phi) is 6.23. The Morgan fingerprint density at radius 2 is 2.05 bits per heavy atom. The molecule has 1 aliphatic rings. The lowest BCUT2D eigenvalue weighted by Crippen LogP contribution is -2.30. The Morgan fingerprint density at radius 1 is 1.29 bits per heavy atom. The van der Waals surface area contributed by atoms with Crippen LogP contribution in [-0.4, -0.2) is 22.6 Å². The summed E-state index contributed by atoms with van der Waals surface area (Å²) in [5, 5.41) is 3.57. The van der Waals surface area contributed by atoms with Crippen LogP contribution in [-0.2, 0) is 11.3 Å². The number of nitrogens with zero attached hydrogens (tertiary/aromatic N) is 2. The second-order valence-electron chi connectivity index (χ2n) is 5.79. The van der Waals surface area contributed by atoms with Crippen LogP contribution in [0, 0.1) is 5.92 Å². The Bertz CT molecular complexity index is 432. The molecular weight excluding hydrogens is 264 g/mol. The van der Waals surface area contributed by atoms with Gasteiger partial charge in [0.2, 0.25) is 0 Å². The molecule has 1 fully saturated rings. The fourth-order valence-corrected chi connectivity index (χ4v) is 3.13. The maximum absolute atomic E-state index is 5.88. The third kappa shape index (κ3) is 4.84. The highest BCUT2D eigenvalue weighted by Gasteiger charge is 2.22. The van der Waals surface area contributed by atoms with E-state index in [0.717, 1.165) is 18.2 Å². The van der Waals surface area contributed by atoms with Gasteiger partial charge in [0, 0.05) is 18.7 Å². The largest absolute Gasteiger partial charge is 0.384 e. The van der Waals surface area contributed by atoms with Gasteiger partial charge < -0.3 is 15.8 Å². The zero-order valence-electron chi connectivity index (χ0n) is 13.3. The van der Waals surface area contributed by atoms with E-state index >= 15 is 0 Å². The van der Waals surface area contributed by atoms with Crippen LogP contribution in [0.1, 0.15) is 58.2 Å². The summed E-state index contributed by atoms with van der Waals surface area (Å²) in [4.78, 5) is 8.75. The molecule has 1 heterocycles. The molecule has 3 N–H and O–H groups in total. The van der Waals surface area contributed by atoms with Crippen LogP contribution in [0.3, 0.4) is 0 Å². The van der Waals surface area contributed by atoms with Crippen LogP contribution >= 0.6 is 0 Å². The van der Waals surface area contributed by atoms with Crippen molar-refractivity contribution in [3.8, 4) is 0 Å². The number of nitrogens with one attached hydrogen (secondary N) is 1. The van der Waals surface area contributed by atoms with Gasteiger partial charge in [0.15, 0.2) is 5.82 Å². The van der Waals surface area contributed by atoms with Gasteiger partial charge in [0.25, 0.3) is 0 Å². The van der Waals surface area contributed by atoms with Crippen LogP contribution in [0.25, 0.3) is 0 Å². The molecule has 2 rings (SSSR count). The second kappa shape index (κ2) is 8.17. The minimum Gasteiger partial charge on any atom is -0.384 e. The van der Waals surface area contributed by atoms with Gasteiger partial charge in [-0.25, -0.2) is 9.97 Å². The molecule has 1 aromatic rings. The summed E-state index contributed by atoms with van der Waals surface area (Å²) in [7, 11) is 0. The highest BCUT2D eigenvalue weighted by Crippen LogP contribution is 2.29. The Labute approximate surface area is 127 Å². The highest BCUT2D eigenvalue weighted by molar-refractivity contribution is 5.45. The summed E-state index contributed by atoms with van der Waals surface area (Å²) in [5.41, 5.74) is 5.88. The van der Waals surface area contributed by atoms with Gasteiger partial charge in [-0.3, -0.25) is 0 Å². The minimum absolute atomic E-state index is 0.413. The van der Waals surface area contributed by atoms with Gasteiger partial charge >= 0.3 is 0 Å². The van der Waals surface area contributed by atoms with E-state index < -0.39 is 0 Å². The summed E-state index contributed by atoms with van der Waals surface area (Å²) < 4.78 is 5.37. The van der Waals surface area contributed by atoms with Gasteiger partial charge in [-0.2, -0.15) is 0 Å². The zero-order valence-corrected chi connectivity index (χ0v) is 13.3. The molecule has 0 amide bonds. The number of anilines is 2. The average molecular weight is 292 g/mol.